The molecular formula is C56H70N8O11. The van der Waals surface area contributed by atoms with Crippen LogP contribution in [0.1, 0.15) is 106 Å². The number of ketones is 1. The smallest absolute Gasteiger partial charge is 0.343 e. The summed E-state index contributed by atoms with van der Waals surface area (Å²) in [5.74, 6) is -0.00423. The van der Waals surface area contributed by atoms with E-state index in [9.17, 15) is 24.6 Å². The van der Waals surface area contributed by atoms with E-state index in [2.05, 4.69) is 42.6 Å². The summed E-state index contributed by atoms with van der Waals surface area (Å²) < 4.78 is 37.5. The topological polar surface area (TPSA) is 234 Å². The predicted octanol–water partition coefficient (Wildman–Crippen LogP) is 6.33. The second kappa shape index (κ2) is 24.4. The molecule has 0 amide bonds. The fourth-order valence-electron chi connectivity index (χ4n) is 11.4. The van der Waals surface area contributed by atoms with Crippen molar-refractivity contribution in [1.29, 1.82) is 0 Å². The molecule has 5 aromatic rings. The van der Waals surface area contributed by atoms with Crippen LogP contribution in [0, 0.1) is 13.8 Å². The van der Waals surface area contributed by atoms with Crippen molar-refractivity contribution in [3.05, 3.63) is 118 Å². The zero-order valence-electron chi connectivity index (χ0n) is 43.1. The number of piperidine rings is 1. The molecule has 400 valence electrons. The number of aryl methyl sites for hydroxylation is 2. The van der Waals surface area contributed by atoms with Crippen LogP contribution in [0.4, 0.5) is 5.69 Å². The normalized spacial score (nSPS) is 20.3. The summed E-state index contributed by atoms with van der Waals surface area (Å²) in [6.07, 6.45) is 10.2. The van der Waals surface area contributed by atoms with E-state index in [4.69, 9.17) is 28.4 Å². The largest absolute Gasteiger partial charge is 0.493 e. The number of nitrogens with zero attached hydrogens (tertiary/aromatic N) is 5. The van der Waals surface area contributed by atoms with Crippen LogP contribution < -0.4 is 29.6 Å². The van der Waals surface area contributed by atoms with Crippen LogP contribution in [-0.2, 0) is 45.6 Å². The molecule has 5 N–H and O–H groups in total. The summed E-state index contributed by atoms with van der Waals surface area (Å²) in [7, 11) is 0. The van der Waals surface area contributed by atoms with Crippen LogP contribution in [0.3, 0.4) is 0 Å². The number of aromatic amines is 1. The lowest BCUT2D eigenvalue weighted by atomic mass is 9.49. The van der Waals surface area contributed by atoms with Crippen molar-refractivity contribution in [3.63, 3.8) is 0 Å². The molecule has 75 heavy (non-hydrogen) atoms. The molecule has 1 spiro atoms. The van der Waals surface area contributed by atoms with E-state index >= 15 is 0 Å². The Kier molecular flexibility index (Phi) is 17.3. The number of ether oxygens (including phenoxy) is 6. The van der Waals surface area contributed by atoms with Crippen LogP contribution in [0.25, 0.3) is 0 Å². The number of aromatic nitrogens is 5. The third kappa shape index (κ3) is 11.9. The molecular weight excluding hydrogens is 961 g/mol. The van der Waals surface area contributed by atoms with E-state index in [1.165, 1.54) is 17.7 Å². The molecule has 2 bridgehead atoms. The number of benzene rings is 3. The molecule has 2 aliphatic heterocycles. The second-order valence-electron chi connectivity index (χ2n) is 19.9. The van der Waals surface area contributed by atoms with Crippen molar-refractivity contribution in [2.45, 2.75) is 114 Å². The summed E-state index contributed by atoms with van der Waals surface area (Å²) in [5, 5.41) is 44.5. The van der Waals surface area contributed by atoms with E-state index in [0.717, 1.165) is 79.8 Å². The molecule has 2 aromatic heterocycles. The predicted molar refractivity (Wildman–Crippen MR) is 278 cm³/mol. The van der Waals surface area contributed by atoms with Crippen molar-refractivity contribution >= 4 is 23.4 Å². The number of nitrogens with one attached hydrogen (secondary N) is 3. The van der Waals surface area contributed by atoms with Gasteiger partial charge in [0.05, 0.1) is 86.8 Å². The first-order chi connectivity index (χ1) is 36.5. The first-order valence-electron chi connectivity index (χ1n) is 26.4. The van der Waals surface area contributed by atoms with Gasteiger partial charge in [0.2, 0.25) is 0 Å². The first-order valence-corrected chi connectivity index (χ1v) is 26.4. The summed E-state index contributed by atoms with van der Waals surface area (Å²) >= 11 is 0. The van der Waals surface area contributed by atoms with Crippen molar-refractivity contribution in [1.82, 2.24) is 35.4 Å². The minimum Gasteiger partial charge on any atom is -0.493 e. The molecule has 2 fully saturated rings. The first kappa shape index (κ1) is 53.2. The summed E-state index contributed by atoms with van der Waals surface area (Å²) in [4.78, 5) is 41.1. The molecule has 4 heterocycles. The average molecular weight is 1030 g/mol. The Labute approximate surface area is 437 Å². The lowest BCUT2D eigenvalue weighted by Crippen LogP contribution is -2.76. The molecule has 1 unspecified atom stereocenters. The zero-order chi connectivity index (χ0) is 52.4. The van der Waals surface area contributed by atoms with Crippen LogP contribution in [0.2, 0.25) is 0 Å². The van der Waals surface area contributed by atoms with Gasteiger partial charge in [0.1, 0.15) is 17.2 Å². The Balaban J connectivity index is 0.612. The molecule has 2 aliphatic carbocycles. The number of aromatic carboxylic acids is 1. The Morgan fingerprint density at radius 3 is 2.52 bits per heavy atom. The number of likely N-dealkylation sites (tertiary alicyclic amines) is 1. The molecule has 4 atom stereocenters. The van der Waals surface area contributed by atoms with Gasteiger partial charge < -0.3 is 49.3 Å². The monoisotopic (exact) mass is 1030 g/mol. The van der Waals surface area contributed by atoms with Crippen LogP contribution in [0.15, 0.2) is 73.4 Å². The van der Waals surface area contributed by atoms with E-state index in [1.807, 2.05) is 38.3 Å². The van der Waals surface area contributed by atoms with Crippen molar-refractivity contribution in [2.24, 2.45) is 0 Å². The highest BCUT2D eigenvalue weighted by atomic mass is 16.6. The summed E-state index contributed by atoms with van der Waals surface area (Å²) in [5.41, 5.74) is 4.91. The number of aliphatic hydroxyl groups is 1. The maximum absolute atomic E-state index is 13.7. The van der Waals surface area contributed by atoms with Gasteiger partial charge in [0, 0.05) is 55.1 Å². The van der Waals surface area contributed by atoms with Crippen molar-refractivity contribution in [2.75, 3.05) is 71.1 Å². The number of rotatable bonds is 30. The lowest BCUT2D eigenvalue weighted by Gasteiger charge is -2.62. The SMILES string of the molecule is C=CCN1CC[C@]23c4c5ccc(OC(=O)c6cccc(NCc7cn(CCOCCOCCNCCCCCCOc8cc(OCCCc9c(C)n[nH]c9C)cc(C(=O)O)c8)nn7)c6)c4O[C@H]2C(=O)CC[C@@]3(O)C1C5. The highest BCUT2D eigenvalue weighted by Gasteiger charge is 2.73. The van der Waals surface area contributed by atoms with Crippen LogP contribution in [0.5, 0.6) is 23.0 Å². The lowest BCUT2D eigenvalue weighted by molar-refractivity contribution is -0.187. The maximum Gasteiger partial charge on any atom is 0.343 e. The number of anilines is 1. The molecule has 4 aliphatic rings. The zero-order valence-corrected chi connectivity index (χ0v) is 43.1. The van der Waals surface area contributed by atoms with Gasteiger partial charge in [-0.3, -0.25) is 14.8 Å². The minimum atomic E-state index is -1.15. The third-order valence-electron chi connectivity index (χ3n) is 15.1. The number of Topliss-reactive ketones (excluding diaryl/α,β-unsaturated/α-hetero) is 1. The number of carboxylic acid groups (broad SMARTS) is 1. The quantitative estimate of drug-likeness (QED) is 0.0146. The van der Waals surface area contributed by atoms with E-state index in [1.54, 1.807) is 35.0 Å². The fourth-order valence-corrected chi connectivity index (χ4v) is 11.4. The highest BCUT2D eigenvalue weighted by Crippen LogP contribution is 2.65. The van der Waals surface area contributed by atoms with Gasteiger partial charge in [0.25, 0.3) is 0 Å². The van der Waals surface area contributed by atoms with Gasteiger partial charge in [-0.1, -0.05) is 36.3 Å². The van der Waals surface area contributed by atoms with E-state index in [0.29, 0.717) is 114 Å². The Hall–Kier alpha value is -6.64. The molecule has 3 aromatic carbocycles. The van der Waals surface area contributed by atoms with Crippen molar-refractivity contribution in [3.8, 4) is 23.0 Å². The number of hydrogen-bond donors (Lipinski definition) is 5. The van der Waals surface area contributed by atoms with Crippen LogP contribution in [-0.4, -0.2) is 142 Å². The number of unbranched alkanes of at least 4 members (excludes halogenated alkanes) is 3. The van der Waals surface area contributed by atoms with E-state index in [-0.39, 0.29) is 29.6 Å². The number of hydrogen-bond acceptors (Lipinski definition) is 16. The van der Waals surface area contributed by atoms with Crippen molar-refractivity contribution < 1.29 is 53.0 Å². The third-order valence-corrected chi connectivity index (χ3v) is 15.1. The number of H-pyrrole nitrogens is 1. The van der Waals surface area contributed by atoms with E-state index < -0.39 is 29.1 Å². The van der Waals surface area contributed by atoms with Gasteiger partial charge in [-0.15, -0.1) is 11.7 Å². The average Bonchev–Trinajstić information content (AvgIpc) is 4.34. The number of carboxylic acids is 1. The summed E-state index contributed by atoms with van der Waals surface area (Å²) in [6.45, 7) is 14.8. The highest BCUT2D eigenvalue weighted by molar-refractivity contribution is 5.94. The number of esters is 1. The number of carbonyl (C=O) groups excluding carboxylic acids is 2. The summed E-state index contributed by atoms with van der Waals surface area (Å²) in [6, 6.07) is 15.4. The fraction of sp³-hybridized carbons (Fsp3) is 0.500. The maximum atomic E-state index is 13.7. The molecule has 0 radical (unpaired) electrons. The molecule has 19 nitrogen and oxygen atoms in total. The minimum absolute atomic E-state index is 0.0293. The van der Waals surface area contributed by atoms with Gasteiger partial charge in [-0.2, -0.15) is 5.10 Å². The van der Waals surface area contributed by atoms with Gasteiger partial charge in [-0.25, -0.2) is 14.3 Å². The molecule has 1 saturated heterocycles. The molecule has 19 heteroatoms. The van der Waals surface area contributed by atoms with Gasteiger partial charge >= 0.3 is 11.9 Å². The second-order valence-corrected chi connectivity index (χ2v) is 19.9. The van der Waals surface area contributed by atoms with Crippen LogP contribution >= 0.6 is 0 Å². The Morgan fingerprint density at radius 1 is 0.933 bits per heavy atom. The Bertz CT molecular complexity index is 2790. The molecule has 1 saturated carbocycles. The van der Waals surface area contributed by atoms with Gasteiger partial charge in [0.15, 0.2) is 23.4 Å². The molecule has 9 rings (SSSR count). The Morgan fingerprint density at radius 2 is 1.73 bits per heavy atom. The standard InChI is InChI=1S/C56H70N8O11/c1-4-21-63-22-18-55-50-39-14-15-48(51(50)75-52(55)47(65)16-17-56(55,69)49(63)33-39)74-54(68)40-11-9-12-42(30-40)58-35-43-36-64(62-61-43)23-27-71-29-28-70-26-20-57-19-7-5-6-8-24-72-44-31-41(53(66)67)32-45(34-44)73-25-10-13-46-37(2)59-60-38(46)3/h4,9,11-12,14-15,30-32,34,36,49,52,57-58,69H,1,5-8,10,13,16-29,33,35H2,2-3H3,(H,59,60)(H,66,67)/t49?,52-,55-,56+/m0/s1. The number of carbonyl (C=O) groups is 3. The van der Waals surface area contributed by atoms with Gasteiger partial charge in [-0.05, 0) is 113 Å².